The number of thioether (sulfide) groups is 1. The molecule has 0 bridgehead atoms. The SMILES string of the molecule is COC(=O)C[C@@H](C)Sc1cccs1. The van der Waals surface area contributed by atoms with Crippen LogP contribution in [0, 0.1) is 0 Å². The van der Waals surface area contributed by atoms with Gasteiger partial charge in [0.05, 0.1) is 17.7 Å². The fraction of sp³-hybridized carbons (Fsp3) is 0.444. The highest BCUT2D eigenvalue weighted by atomic mass is 32.2. The molecule has 1 aromatic heterocycles. The third kappa shape index (κ3) is 3.83. The number of rotatable bonds is 4. The van der Waals surface area contributed by atoms with Crippen molar-refractivity contribution in [3.05, 3.63) is 17.5 Å². The summed E-state index contributed by atoms with van der Waals surface area (Å²) in [4.78, 5) is 10.9. The number of hydrogen-bond donors (Lipinski definition) is 0. The highest BCUT2D eigenvalue weighted by molar-refractivity contribution is 8.01. The van der Waals surface area contributed by atoms with Crippen LogP contribution in [0.15, 0.2) is 21.7 Å². The zero-order valence-corrected chi connectivity index (χ0v) is 9.28. The van der Waals surface area contributed by atoms with Crippen molar-refractivity contribution in [3.8, 4) is 0 Å². The molecular weight excluding hydrogens is 204 g/mol. The summed E-state index contributed by atoms with van der Waals surface area (Å²) in [5.41, 5.74) is 0. The lowest BCUT2D eigenvalue weighted by molar-refractivity contribution is -0.140. The van der Waals surface area contributed by atoms with E-state index in [9.17, 15) is 4.79 Å². The second kappa shape index (κ2) is 5.29. The van der Waals surface area contributed by atoms with Crippen molar-refractivity contribution in [2.45, 2.75) is 22.8 Å². The maximum Gasteiger partial charge on any atom is 0.306 e. The Bertz CT molecular complexity index is 257. The number of carbonyl (C=O) groups excluding carboxylic acids is 1. The Morgan fingerprint density at radius 3 is 3.08 bits per heavy atom. The monoisotopic (exact) mass is 216 g/mol. The predicted molar refractivity (Wildman–Crippen MR) is 56.3 cm³/mol. The first-order chi connectivity index (χ1) is 6.22. The molecule has 0 unspecified atom stereocenters. The lowest BCUT2D eigenvalue weighted by Gasteiger charge is -2.07. The third-order valence-electron chi connectivity index (χ3n) is 1.49. The van der Waals surface area contributed by atoms with Crippen LogP contribution in [-0.4, -0.2) is 18.3 Å². The van der Waals surface area contributed by atoms with Gasteiger partial charge in [-0.05, 0) is 11.4 Å². The lowest BCUT2D eigenvalue weighted by Crippen LogP contribution is -2.07. The number of ether oxygens (including phenoxy) is 1. The van der Waals surface area contributed by atoms with Crippen molar-refractivity contribution in [1.82, 2.24) is 0 Å². The number of hydrogen-bond acceptors (Lipinski definition) is 4. The Morgan fingerprint density at radius 1 is 1.77 bits per heavy atom. The van der Waals surface area contributed by atoms with Crippen LogP contribution in [-0.2, 0) is 9.53 Å². The van der Waals surface area contributed by atoms with E-state index in [1.54, 1.807) is 23.1 Å². The molecule has 0 N–H and O–H groups in total. The molecule has 0 saturated carbocycles. The molecule has 0 saturated heterocycles. The fourth-order valence-electron chi connectivity index (χ4n) is 0.889. The first kappa shape index (κ1) is 10.6. The van der Waals surface area contributed by atoms with E-state index in [1.165, 1.54) is 11.3 Å². The van der Waals surface area contributed by atoms with Crippen molar-refractivity contribution in [3.63, 3.8) is 0 Å². The molecule has 2 nitrogen and oxygen atoms in total. The molecule has 4 heteroatoms. The summed E-state index contributed by atoms with van der Waals surface area (Å²) in [6.45, 7) is 2.03. The van der Waals surface area contributed by atoms with Gasteiger partial charge >= 0.3 is 5.97 Å². The number of esters is 1. The standard InChI is InChI=1S/C9H12O2S2/c1-7(6-8(10)11-2)13-9-4-3-5-12-9/h3-5,7H,6H2,1-2H3/t7-/m1/s1. The molecule has 13 heavy (non-hydrogen) atoms. The van der Waals surface area contributed by atoms with Crippen LogP contribution in [0.4, 0.5) is 0 Å². The van der Waals surface area contributed by atoms with Crippen LogP contribution in [0.2, 0.25) is 0 Å². The van der Waals surface area contributed by atoms with Crippen LogP contribution in [0.5, 0.6) is 0 Å². The van der Waals surface area contributed by atoms with Gasteiger partial charge in [0.25, 0.3) is 0 Å². The highest BCUT2D eigenvalue weighted by Crippen LogP contribution is 2.29. The van der Waals surface area contributed by atoms with E-state index < -0.39 is 0 Å². The lowest BCUT2D eigenvalue weighted by atomic mass is 10.3. The molecule has 72 valence electrons. The van der Waals surface area contributed by atoms with E-state index in [2.05, 4.69) is 10.8 Å². The molecule has 0 amide bonds. The number of thiophene rings is 1. The number of methoxy groups -OCH3 is 1. The molecule has 1 aromatic rings. The Balaban J connectivity index is 2.33. The summed E-state index contributed by atoms with van der Waals surface area (Å²) >= 11 is 3.41. The van der Waals surface area contributed by atoms with E-state index in [-0.39, 0.29) is 11.2 Å². The Kier molecular flexibility index (Phi) is 4.32. The first-order valence-electron chi connectivity index (χ1n) is 3.99. The molecule has 1 atom stereocenters. The van der Waals surface area contributed by atoms with Gasteiger partial charge in [0.2, 0.25) is 0 Å². The minimum absolute atomic E-state index is 0.142. The molecular formula is C9H12O2S2. The van der Waals surface area contributed by atoms with Crippen molar-refractivity contribution in [1.29, 1.82) is 0 Å². The summed E-state index contributed by atoms with van der Waals surface area (Å²) in [5.74, 6) is -0.142. The highest BCUT2D eigenvalue weighted by Gasteiger charge is 2.10. The summed E-state index contributed by atoms with van der Waals surface area (Å²) in [6, 6.07) is 4.07. The Morgan fingerprint density at radius 2 is 2.54 bits per heavy atom. The molecule has 0 aromatic carbocycles. The summed E-state index contributed by atoms with van der Waals surface area (Å²) < 4.78 is 5.84. The molecule has 0 radical (unpaired) electrons. The van der Waals surface area contributed by atoms with Gasteiger partial charge in [0, 0.05) is 5.25 Å². The topological polar surface area (TPSA) is 26.3 Å². The molecule has 1 heterocycles. The fourth-order valence-corrected chi connectivity index (χ4v) is 2.99. The summed E-state index contributed by atoms with van der Waals surface area (Å²) in [5, 5.41) is 2.32. The largest absolute Gasteiger partial charge is 0.469 e. The molecule has 0 aliphatic heterocycles. The maximum atomic E-state index is 10.9. The van der Waals surface area contributed by atoms with Gasteiger partial charge in [-0.3, -0.25) is 4.79 Å². The molecule has 1 rings (SSSR count). The van der Waals surface area contributed by atoms with Crippen LogP contribution in [0.1, 0.15) is 13.3 Å². The zero-order valence-electron chi connectivity index (χ0n) is 7.65. The second-order valence-corrected chi connectivity index (χ2v) is 5.33. The van der Waals surface area contributed by atoms with Crippen LogP contribution in [0.3, 0.4) is 0 Å². The molecule has 0 spiro atoms. The predicted octanol–water partition coefficient (Wildman–Crippen LogP) is 2.79. The van der Waals surface area contributed by atoms with Gasteiger partial charge in [0.15, 0.2) is 0 Å². The van der Waals surface area contributed by atoms with Gasteiger partial charge in [0.1, 0.15) is 0 Å². The van der Waals surface area contributed by atoms with E-state index in [0.717, 1.165) is 0 Å². The van der Waals surface area contributed by atoms with E-state index in [1.807, 2.05) is 18.4 Å². The zero-order chi connectivity index (χ0) is 9.68. The van der Waals surface area contributed by atoms with Crippen molar-refractivity contribution < 1.29 is 9.53 Å². The van der Waals surface area contributed by atoms with E-state index >= 15 is 0 Å². The maximum absolute atomic E-state index is 10.9. The van der Waals surface area contributed by atoms with E-state index in [0.29, 0.717) is 6.42 Å². The Labute approximate surface area is 86.3 Å². The molecule has 0 aliphatic carbocycles. The minimum atomic E-state index is -0.142. The minimum Gasteiger partial charge on any atom is -0.469 e. The molecule has 0 aliphatic rings. The van der Waals surface area contributed by atoms with E-state index in [4.69, 9.17) is 0 Å². The van der Waals surface area contributed by atoms with Crippen molar-refractivity contribution in [2.24, 2.45) is 0 Å². The first-order valence-corrected chi connectivity index (χ1v) is 5.75. The summed E-state index contributed by atoms with van der Waals surface area (Å²) in [6.07, 6.45) is 0.471. The second-order valence-electron chi connectivity index (χ2n) is 2.64. The van der Waals surface area contributed by atoms with Crippen molar-refractivity contribution >= 4 is 29.1 Å². The van der Waals surface area contributed by atoms with Crippen LogP contribution >= 0.6 is 23.1 Å². The third-order valence-corrected chi connectivity index (χ3v) is 3.67. The Hall–Kier alpha value is -0.480. The van der Waals surface area contributed by atoms with Crippen LogP contribution < -0.4 is 0 Å². The molecule has 0 fully saturated rings. The van der Waals surface area contributed by atoms with Crippen molar-refractivity contribution in [2.75, 3.05) is 7.11 Å². The smallest absolute Gasteiger partial charge is 0.306 e. The normalized spacial score (nSPS) is 12.5. The number of carbonyl (C=O) groups is 1. The summed E-state index contributed by atoms with van der Waals surface area (Å²) in [7, 11) is 1.42. The average Bonchev–Trinajstić information content (AvgIpc) is 2.56. The quantitative estimate of drug-likeness (QED) is 0.572. The van der Waals surface area contributed by atoms with Gasteiger partial charge in [-0.2, -0.15) is 0 Å². The average molecular weight is 216 g/mol. The van der Waals surface area contributed by atoms with Crippen LogP contribution in [0.25, 0.3) is 0 Å². The van der Waals surface area contributed by atoms with Gasteiger partial charge in [-0.1, -0.05) is 13.0 Å². The van der Waals surface area contributed by atoms with Gasteiger partial charge in [-0.15, -0.1) is 23.1 Å². The van der Waals surface area contributed by atoms with Gasteiger partial charge < -0.3 is 4.74 Å². The van der Waals surface area contributed by atoms with Gasteiger partial charge in [-0.25, -0.2) is 0 Å².